The molecule has 0 radical (unpaired) electrons. The first kappa shape index (κ1) is 24.0. The molecule has 2 atom stereocenters. The summed E-state index contributed by atoms with van der Waals surface area (Å²) in [7, 11) is 0. The average Bonchev–Trinajstić information content (AvgIpc) is 2.64. The van der Waals surface area contributed by atoms with Crippen LogP contribution in [0.5, 0.6) is 5.75 Å². The third-order valence-corrected chi connectivity index (χ3v) is 4.19. The Balaban J connectivity index is 2.12. The maximum Gasteiger partial charge on any atom is 0.408 e. The first-order valence-corrected chi connectivity index (χ1v) is 9.97. The highest BCUT2D eigenvalue weighted by atomic mass is 16.6. The van der Waals surface area contributed by atoms with E-state index < -0.39 is 41.7 Å². The summed E-state index contributed by atoms with van der Waals surface area (Å²) in [6.45, 7) is 6.94. The summed E-state index contributed by atoms with van der Waals surface area (Å²) >= 11 is 0. The fourth-order valence-corrected chi connectivity index (χ4v) is 2.89. The van der Waals surface area contributed by atoms with Crippen LogP contribution in [0.25, 0.3) is 0 Å². The van der Waals surface area contributed by atoms with E-state index in [1.165, 1.54) is 0 Å². The van der Waals surface area contributed by atoms with Gasteiger partial charge >= 0.3 is 18.0 Å². The van der Waals surface area contributed by atoms with Crippen molar-refractivity contribution in [2.75, 3.05) is 11.9 Å². The highest BCUT2D eigenvalue weighted by molar-refractivity contribution is 5.98. The molecule has 0 spiro atoms. The Labute approximate surface area is 180 Å². The molecular weight excluding hydrogens is 408 g/mol. The number of carbonyl (C=O) groups excluding carboxylic acids is 3. The summed E-state index contributed by atoms with van der Waals surface area (Å²) in [5.41, 5.74) is 0.308. The second-order valence-corrected chi connectivity index (χ2v) is 8.01. The molecule has 1 heterocycles. The summed E-state index contributed by atoms with van der Waals surface area (Å²) in [4.78, 5) is 47.4. The molecule has 0 fully saturated rings. The van der Waals surface area contributed by atoms with Crippen LogP contribution in [0, 0.1) is 0 Å². The Morgan fingerprint density at radius 3 is 2.61 bits per heavy atom. The average molecular weight is 436 g/mol. The van der Waals surface area contributed by atoms with Crippen LogP contribution in [-0.4, -0.2) is 53.4 Å². The molecule has 1 aromatic rings. The molecule has 10 heteroatoms. The Kier molecular flexibility index (Phi) is 7.84. The Morgan fingerprint density at radius 1 is 1.29 bits per heavy atom. The molecule has 0 aromatic heterocycles. The lowest BCUT2D eigenvalue weighted by Gasteiger charge is -2.26. The predicted octanol–water partition coefficient (Wildman–Crippen LogP) is 2.25. The molecule has 10 nitrogen and oxygen atoms in total. The second kappa shape index (κ2) is 10.1. The van der Waals surface area contributed by atoms with Crippen LogP contribution in [0.1, 0.15) is 46.1 Å². The predicted molar refractivity (Wildman–Crippen MR) is 110 cm³/mol. The molecule has 3 N–H and O–H groups in total. The molecule has 170 valence electrons. The molecule has 0 aliphatic carbocycles. The maximum absolute atomic E-state index is 12.3. The SMILES string of the molecule is CCOC(=O)[C@H](Cc1ccc2c(c1)NC(=O)[C@@H](CCC(=O)O)O2)NC(=O)OC(C)(C)C. The van der Waals surface area contributed by atoms with Crippen LogP contribution in [0.3, 0.4) is 0 Å². The van der Waals surface area contributed by atoms with Gasteiger partial charge in [0.1, 0.15) is 17.4 Å². The monoisotopic (exact) mass is 436 g/mol. The van der Waals surface area contributed by atoms with Gasteiger partial charge in [-0.15, -0.1) is 0 Å². The number of carbonyl (C=O) groups is 4. The minimum absolute atomic E-state index is 0.0487. The van der Waals surface area contributed by atoms with Crippen LogP contribution in [0.2, 0.25) is 0 Å². The third-order valence-electron chi connectivity index (χ3n) is 4.19. The largest absolute Gasteiger partial charge is 0.481 e. The number of benzene rings is 1. The number of hydrogen-bond acceptors (Lipinski definition) is 7. The van der Waals surface area contributed by atoms with Crippen LogP contribution in [-0.2, 0) is 30.3 Å². The van der Waals surface area contributed by atoms with Crippen LogP contribution in [0.15, 0.2) is 18.2 Å². The zero-order valence-corrected chi connectivity index (χ0v) is 18.0. The molecule has 0 bridgehead atoms. The van der Waals surface area contributed by atoms with E-state index in [4.69, 9.17) is 19.3 Å². The van der Waals surface area contributed by atoms with Gasteiger partial charge in [-0.25, -0.2) is 9.59 Å². The zero-order valence-electron chi connectivity index (χ0n) is 18.0. The van der Waals surface area contributed by atoms with Crippen molar-refractivity contribution in [3.8, 4) is 5.75 Å². The molecule has 31 heavy (non-hydrogen) atoms. The van der Waals surface area contributed by atoms with Gasteiger partial charge in [-0.3, -0.25) is 9.59 Å². The van der Waals surface area contributed by atoms with Gasteiger partial charge in [0.25, 0.3) is 5.91 Å². The van der Waals surface area contributed by atoms with Crippen molar-refractivity contribution in [1.29, 1.82) is 0 Å². The maximum atomic E-state index is 12.3. The van der Waals surface area contributed by atoms with E-state index in [1.807, 2.05) is 0 Å². The Morgan fingerprint density at radius 2 is 2.00 bits per heavy atom. The summed E-state index contributed by atoms with van der Waals surface area (Å²) in [6, 6.07) is 3.95. The van der Waals surface area contributed by atoms with Gasteiger partial charge in [0.2, 0.25) is 0 Å². The number of amides is 2. The van der Waals surface area contributed by atoms with E-state index in [0.29, 0.717) is 17.0 Å². The minimum Gasteiger partial charge on any atom is -0.481 e. The highest BCUT2D eigenvalue weighted by Crippen LogP contribution is 2.32. The number of esters is 1. The van der Waals surface area contributed by atoms with Crippen molar-refractivity contribution in [3.63, 3.8) is 0 Å². The Bertz CT molecular complexity index is 846. The number of carboxylic acids is 1. The van der Waals surface area contributed by atoms with Crippen LogP contribution >= 0.6 is 0 Å². The van der Waals surface area contributed by atoms with E-state index in [-0.39, 0.29) is 25.9 Å². The van der Waals surface area contributed by atoms with Gasteiger partial charge in [0.05, 0.1) is 12.3 Å². The van der Waals surface area contributed by atoms with Gasteiger partial charge < -0.3 is 30.0 Å². The van der Waals surface area contributed by atoms with Gasteiger partial charge in [0.15, 0.2) is 6.10 Å². The standard InChI is InChI=1S/C21H28N2O8/c1-5-29-19(27)14(23-20(28)31-21(2,3)4)11-12-6-7-15-13(10-12)22-18(26)16(30-15)8-9-17(24)25/h6-7,10,14,16H,5,8-9,11H2,1-4H3,(H,22,26)(H,23,28)(H,24,25)/t14-,16+/m0/s1. The van der Waals surface area contributed by atoms with Crippen molar-refractivity contribution in [2.24, 2.45) is 0 Å². The Hall–Kier alpha value is -3.30. The zero-order chi connectivity index (χ0) is 23.2. The first-order chi connectivity index (χ1) is 14.5. The van der Waals surface area contributed by atoms with E-state index >= 15 is 0 Å². The number of anilines is 1. The molecule has 0 saturated carbocycles. The molecule has 1 aliphatic heterocycles. The fourth-order valence-electron chi connectivity index (χ4n) is 2.89. The fraction of sp³-hybridized carbons (Fsp3) is 0.524. The van der Waals surface area contributed by atoms with Gasteiger partial charge in [-0.2, -0.15) is 0 Å². The highest BCUT2D eigenvalue weighted by Gasteiger charge is 2.30. The summed E-state index contributed by atoms with van der Waals surface area (Å²) in [5, 5.41) is 14.0. The van der Waals surface area contributed by atoms with E-state index in [9.17, 15) is 19.2 Å². The first-order valence-electron chi connectivity index (χ1n) is 9.97. The summed E-state index contributed by atoms with van der Waals surface area (Å²) in [6.07, 6.45) is -1.68. The van der Waals surface area contributed by atoms with Gasteiger partial charge in [-0.05, 0) is 45.4 Å². The number of ether oxygens (including phenoxy) is 3. The number of aliphatic carboxylic acids is 1. The lowest BCUT2D eigenvalue weighted by atomic mass is 10.0. The molecule has 0 saturated heterocycles. The van der Waals surface area contributed by atoms with E-state index in [2.05, 4.69) is 10.6 Å². The quantitative estimate of drug-likeness (QED) is 0.527. The number of hydrogen-bond donors (Lipinski definition) is 3. The van der Waals surface area contributed by atoms with Crippen molar-refractivity contribution in [2.45, 2.75) is 64.7 Å². The minimum atomic E-state index is -1.01. The summed E-state index contributed by atoms with van der Waals surface area (Å²) in [5.74, 6) is -1.67. The van der Waals surface area contributed by atoms with Crippen LogP contribution < -0.4 is 15.4 Å². The number of alkyl carbamates (subject to hydrolysis) is 1. The number of rotatable bonds is 8. The van der Waals surface area contributed by atoms with Crippen molar-refractivity contribution < 1.29 is 38.5 Å². The van der Waals surface area contributed by atoms with Gasteiger partial charge in [0, 0.05) is 19.3 Å². The van der Waals surface area contributed by atoms with Crippen molar-refractivity contribution in [3.05, 3.63) is 23.8 Å². The smallest absolute Gasteiger partial charge is 0.408 e. The lowest BCUT2D eigenvalue weighted by Crippen LogP contribution is -2.45. The molecule has 0 unspecified atom stereocenters. The van der Waals surface area contributed by atoms with Gasteiger partial charge in [-0.1, -0.05) is 6.07 Å². The normalized spacial score (nSPS) is 16.3. The number of nitrogens with one attached hydrogen (secondary N) is 2. The molecular formula is C21H28N2O8. The molecule has 1 aromatic carbocycles. The van der Waals surface area contributed by atoms with Crippen LogP contribution in [0.4, 0.5) is 10.5 Å². The molecule has 2 rings (SSSR count). The van der Waals surface area contributed by atoms with Crippen molar-refractivity contribution in [1.82, 2.24) is 5.32 Å². The number of fused-ring (bicyclic) bond motifs is 1. The second-order valence-electron chi connectivity index (χ2n) is 8.01. The number of carboxylic acid groups (broad SMARTS) is 1. The lowest BCUT2D eigenvalue weighted by molar-refractivity contribution is -0.145. The van der Waals surface area contributed by atoms with E-state index in [0.717, 1.165) is 0 Å². The summed E-state index contributed by atoms with van der Waals surface area (Å²) < 4.78 is 15.9. The third kappa shape index (κ3) is 7.47. The molecule has 1 aliphatic rings. The molecule has 2 amide bonds. The van der Waals surface area contributed by atoms with Crippen molar-refractivity contribution >= 4 is 29.6 Å². The van der Waals surface area contributed by atoms with E-state index in [1.54, 1.807) is 45.9 Å². The topological polar surface area (TPSA) is 140 Å².